The van der Waals surface area contributed by atoms with Gasteiger partial charge in [0.25, 0.3) is 0 Å². The molecule has 0 saturated heterocycles. The zero-order valence-electron chi connectivity index (χ0n) is 8.83. The lowest BCUT2D eigenvalue weighted by molar-refractivity contribution is 0.544. The predicted octanol–water partition coefficient (Wildman–Crippen LogP) is 1.26. The molecule has 0 aliphatic carbocycles. The third-order valence-corrected chi connectivity index (χ3v) is 1.81. The number of hydrogen-bond acceptors (Lipinski definition) is 2. The van der Waals surface area contributed by atoms with Gasteiger partial charge in [-0.3, -0.25) is 4.68 Å². The average molecular weight is 191 g/mol. The first-order valence-corrected chi connectivity index (χ1v) is 4.89. The Balaban J connectivity index is 2.33. The summed E-state index contributed by atoms with van der Waals surface area (Å²) in [6.07, 6.45) is 7.09. The third-order valence-electron chi connectivity index (χ3n) is 1.81. The summed E-state index contributed by atoms with van der Waals surface area (Å²) in [5.74, 6) is 3.22. The van der Waals surface area contributed by atoms with E-state index in [0.717, 1.165) is 18.8 Å². The van der Waals surface area contributed by atoms with Gasteiger partial charge < -0.3 is 5.32 Å². The van der Waals surface area contributed by atoms with E-state index >= 15 is 0 Å². The first-order chi connectivity index (χ1) is 6.72. The Morgan fingerprint density at radius 1 is 1.64 bits per heavy atom. The van der Waals surface area contributed by atoms with E-state index in [9.17, 15) is 0 Å². The van der Waals surface area contributed by atoms with E-state index < -0.39 is 0 Å². The van der Waals surface area contributed by atoms with Crippen LogP contribution in [0.1, 0.15) is 19.5 Å². The van der Waals surface area contributed by atoms with Crippen molar-refractivity contribution in [3.05, 3.63) is 18.0 Å². The molecule has 3 heteroatoms. The molecule has 0 spiro atoms. The molecule has 0 atom stereocenters. The summed E-state index contributed by atoms with van der Waals surface area (Å²) in [4.78, 5) is 0. The second-order valence-electron chi connectivity index (χ2n) is 3.73. The maximum Gasteiger partial charge on any atom is 0.101 e. The maximum absolute atomic E-state index is 5.18. The van der Waals surface area contributed by atoms with Gasteiger partial charge in [0.15, 0.2) is 0 Å². The SMILES string of the molecule is C#CCn1ccc(CNCC(C)C)n1. The minimum atomic E-state index is 0.546. The van der Waals surface area contributed by atoms with E-state index in [1.165, 1.54) is 0 Å². The van der Waals surface area contributed by atoms with E-state index in [4.69, 9.17) is 6.42 Å². The molecule has 1 N–H and O–H groups in total. The summed E-state index contributed by atoms with van der Waals surface area (Å²) < 4.78 is 1.77. The second kappa shape index (κ2) is 5.46. The highest BCUT2D eigenvalue weighted by atomic mass is 15.3. The molecule has 0 unspecified atom stereocenters. The Bertz CT molecular complexity index is 307. The predicted molar refractivity (Wildman–Crippen MR) is 57.6 cm³/mol. The quantitative estimate of drug-likeness (QED) is 0.710. The lowest BCUT2D eigenvalue weighted by atomic mass is 10.2. The van der Waals surface area contributed by atoms with Crippen LogP contribution in [-0.2, 0) is 13.1 Å². The van der Waals surface area contributed by atoms with Crippen molar-refractivity contribution in [2.24, 2.45) is 5.92 Å². The summed E-state index contributed by atoms with van der Waals surface area (Å²) in [6, 6.07) is 1.99. The van der Waals surface area contributed by atoms with Crippen molar-refractivity contribution < 1.29 is 0 Å². The number of aromatic nitrogens is 2. The molecule has 3 nitrogen and oxygen atoms in total. The van der Waals surface area contributed by atoms with Crippen LogP contribution in [0, 0.1) is 18.3 Å². The molecule has 1 rings (SSSR count). The third kappa shape index (κ3) is 3.63. The number of hydrogen-bond donors (Lipinski definition) is 1. The van der Waals surface area contributed by atoms with Gasteiger partial charge in [-0.05, 0) is 18.5 Å². The lowest BCUT2D eigenvalue weighted by Gasteiger charge is -2.04. The van der Waals surface area contributed by atoms with Crippen LogP contribution in [0.5, 0.6) is 0 Å². The van der Waals surface area contributed by atoms with Gasteiger partial charge in [0.05, 0.1) is 5.69 Å². The van der Waals surface area contributed by atoms with Crippen molar-refractivity contribution >= 4 is 0 Å². The largest absolute Gasteiger partial charge is 0.311 e. The maximum atomic E-state index is 5.18. The molecule has 0 amide bonds. The Morgan fingerprint density at radius 2 is 2.43 bits per heavy atom. The highest BCUT2D eigenvalue weighted by Crippen LogP contribution is 1.96. The molecule has 0 saturated carbocycles. The monoisotopic (exact) mass is 191 g/mol. The minimum Gasteiger partial charge on any atom is -0.311 e. The Hall–Kier alpha value is -1.27. The second-order valence-corrected chi connectivity index (χ2v) is 3.73. The fraction of sp³-hybridized carbons (Fsp3) is 0.545. The molecular formula is C11H17N3. The van der Waals surface area contributed by atoms with Crippen LogP contribution in [0.4, 0.5) is 0 Å². The first-order valence-electron chi connectivity index (χ1n) is 4.89. The molecule has 0 bridgehead atoms. The van der Waals surface area contributed by atoms with Crippen molar-refractivity contribution in [2.45, 2.75) is 26.9 Å². The molecule has 14 heavy (non-hydrogen) atoms. The van der Waals surface area contributed by atoms with Crippen molar-refractivity contribution in [3.8, 4) is 12.3 Å². The average Bonchev–Trinajstić information content (AvgIpc) is 2.53. The molecular weight excluding hydrogens is 174 g/mol. The zero-order valence-corrected chi connectivity index (χ0v) is 8.83. The molecule has 0 fully saturated rings. The molecule has 1 aromatic rings. The zero-order chi connectivity index (χ0) is 10.4. The van der Waals surface area contributed by atoms with Crippen LogP contribution in [0.2, 0.25) is 0 Å². The molecule has 0 aliphatic rings. The van der Waals surface area contributed by atoms with E-state index in [2.05, 4.69) is 30.2 Å². The lowest BCUT2D eigenvalue weighted by Crippen LogP contribution is -2.19. The summed E-state index contributed by atoms with van der Waals surface area (Å²) >= 11 is 0. The van der Waals surface area contributed by atoms with Crippen molar-refractivity contribution in [2.75, 3.05) is 6.54 Å². The van der Waals surface area contributed by atoms with Crippen molar-refractivity contribution in [1.29, 1.82) is 0 Å². The van der Waals surface area contributed by atoms with Crippen LogP contribution < -0.4 is 5.32 Å². The Labute approximate surface area is 85.5 Å². The summed E-state index contributed by atoms with van der Waals surface area (Å²) in [7, 11) is 0. The number of terminal acetylenes is 1. The first kappa shape index (κ1) is 10.8. The minimum absolute atomic E-state index is 0.546. The smallest absolute Gasteiger partial charge is 0.101 e. The molecule has 1 heterocycles. The van der Waals surface area contributed by atoms with Crippen LogP contribution in [0.15, 0.2) is 12.3 Å². The van der Waals surface area contributed by atoms with E-state index in [0.29, 0.717) is 12.5 Å². The topological polar surface area (TPSA) is 29.9 Å². The normalized spacial score (nSPS) is 10.4. The van der Waals surface area contributed by atoms with Gasteiger partial charge in [-0.2, -0.15) is 5.10 Å². The number of nitrogens with zero attached hydrogens (tertiary/aromatic N) is 2. The Kier molecular flexibility index (Phi) is 4.21. The standard InChI is InChI=1S/C11H17N3/c1-4-6-14-7-5-11(13-14)9-12-8-10(2)3/h1,5,7,10,12H,6,8-9H2,2-3H3. The van der Waals surface area contributed by atoms with Crippen LogP contribution >= 0.6 is 0 Å². The van der Waals surface area contributed by atoms with Gasteiger partial charge in [-0.1, -0.05) is 19.8 Å². The van der Waals surface area contributed by atoms with Gasteiger partial charge >= 0.3 is 0 Å². The van der Waals surface area contributed by atoms with Crippen molar-refractivity contribution in [3.63, 3.8) is 0 Å². The Morgan fingerprint density at radius 3 is 3.07 bits per heavy atom. The fourth-order valence-electron chi connectivity index (χ4n) is 1.17. The summed E-state index contributed by atoms with van der Waals surface area (Å²) in [5, 5.41) is 7.64. The highest BCUT2D eigenvalue weighted by molar-refractivity contribution is 5.00. The molecule has 76 valence electrons. The molecule has 1 aromatic heterocycles. The highest BCUT2D eigenvalue weighted by Gasteiger charge is 1.98. The number of rotatable bonds is 5. The van der Waals surface area contributed by atoms with Gasteiger partial charge in [0.2, 0.25) is 0 Å². The molecule has 0 aromatic carbocycles. The summed E-state index contributed by atoms with van der Waals surface area (Å²) in [5.41, 5.74) is 1.04. The van der Waals surface area contributed by atoms with Crippen LogP contribution in [0.3, 0.4) is 0 Å². The number of nitrogens with one attached hydrogen (secondary N) is 1. The van der Waals surface area contributed by atoms with Gasteiger partial charge in [0.1, 0.15) is 6.54 Å². The van der Waals surface area contributed by atoms with Crippen LogP contribution in [0.25, 0.3) is 0 Å². The van der Waals surface area contributed by atoms with Gasteiger partial charge in [0, 0.05) is 12.7 Å². The van der Waals surface area contributed by atoms with E-state index in [1.54, 1.807) is 4.68 Å². The molecule has 0 aliphatic heterocycles. The molecule has 0 radical (unpaired) electrons. The van der Waals surface area contributed by atoms with Gasteiger partial charge in [-0.25, -0.2) is 0 Å². The van der Waals surface area contributed by atoms with E-state index in [-0.39, 0.29) is 0 Å². The van der Waals surface area contributed by atoms with E-state index in [1.807, 2.05) is 12.3 Å². The fourth-order valence-corrected chi connectivity index (χ4v) is 1.17. The van der Waals surface area contributed by atoms with Gasteiger partial charge in [-0.15, -0.1) is 6.42 Å². The summed E-state index contributed by atoms with van der Waals surface area (Å²) in [6.45, 7) is 6.75. The van der Waals surface area contributed by atoms with Crippen molar-refractivity contribution in [1.82, 2.24) is 15.1 Å². The van der Waals surface area contributed by atoms with Crippen LogP contribution in [-0.4, -0.2) is 16.3 Å².